The number of nitrogens with zero attached hydrogens (tertiary/aromatic N) is 9. The standard InChI is InChI=1S/C24H26N6O2S.C23H28BrN5O2/c1-16-11-26-12-17(2)30(16)21-7-3-18(4-8-21)20-13-27-24-23(14-28-29(24)15-20)19-5-9-22(10-6-19)33(25,31)32;1-15-12-27(22(30)31-23(3,4)5)13-16(2)29(15)19-8-6-17(7-9-19)18-10-25-21-20(24)11-26-28(21)14-18/h3-10,13-17,26H,11-12H2,1-2H3,(H2,25,31,32);6-11,14-16H,12-13H2,1-5H3/t16-,17+;15-,16+. The summed E-state index contributed by atoms with van der Waals surface area (Å²) < 4.78 is 33.0. The van der Waals surface area contributed by atoms with Gasteiger partial charge in [0.05, 0.1) is 21.8 Å². The summed E-state index contributed by atoms with van der Waals surface area (Å²) in [5.74, 6) is 0. The molecule has 0 spiro atoms. The number of carbonyl (C=O) groups excluding carboxylic acids is 1. The number of ether oxygens (including phenoxy) is 1. The van der Waals surface area contributed by atoms with Crippen LogP contribution in [0.1, 0.15) is 48.5 Å². The average Bonchev–Trinajstić information content (AvgIpc) is 3.86. The monoisotopic (exact) mass is 947 g/mol. The highest BCUT2D eigenvalue weighted by molar-refractivity contribution is 9.10. The molecule has 0 aliphatic carbocycles. The molecule has 17 heteroatoms. The Hall–Kier alpha value is -5.88. The van der Waals surface area contributed by atoms with Gasteiger partial charge in [-0.1, -0.05) is 36.4 Å². The minimum absolute atomic E-state index is 0.0750. The van der Waals surface area contributed by atoms with Crippen molar-refractivity contribution in [3.63, 3.8) is 0 Å². The van der Waals surface area contributed by atoms with Crippen LogP contribution in [0.5, 0.6) is 0 Å². The quantitative estimate of drug-likeness (QED) is 0.166. The number of piperazine rings is 2. The van der Waals surface area contributed by atoms with E-state index in [0.29, 0.717) is 30.8 Å². The molecule has 0 bridgehead atoms. The van der Waals surface area contributed by atoms with Crippen LogP contribution in [0.3, 0.4) is 0 Å². The molecule has 9 rings (SSSR count). The molecule has 334 valence electrons. The third-order valence-corrected chi connectivity index (χ3v) is 13.0. The van der Waals surface area contributed by atoms with Crippen molar-refractivity contribution in [1.82, 2.24) is 39.4 Å². The Morgan fingerprint density at radius 3 is 1.66 bits per heavy atom. The van der Waals surface area contributed by atoms with Crippen LogP contribution in [0.4, 0.5) is 16.2 Å². The second-order valence-electron chi connectivity index (χ2n) is 17.7. The van der Waals surface area contributed by atoms with Gasteiger partial charge in [0.15, 0.2) is 11.3 Å². The van der Waals surface area contributed by atoms with Crippen LogP contribution in [-0.2, 0) is 14.8 Å². The summed E-state index contributed by atoms with van der Waals surface area (Å²) >= 11 is 3.46. The lowest BCUT2D eigenvalue weighted by Gasteiger charge is -2.45. The van der Waals surface area contributed by atoms with E-state index < -0.39 is 15.6 Å². The number of aromatic nitrogens is 6. The first-order chi connectivity index (χ1) is 30.4. The molecule has 64 heavy (non-hydrogen) atoms. The van der Waals surface area contributed by atoms with Gasteiger partial charge in [-0.25, -0.2) is 37.4 Å². The molecule has 6 heterocycles. The zero-order chi connectivity index (χ0) is 45.5. The summed E-state index contributed by atoms with van der Waals surface area (Å²) in [4.78, 5) is 28.4. The molecule has 2 aliphatic rings. The van der Waals surface area contributed by atoms with Crippen molar-refractivity contribution in [3.8, 4) is 33.4 Å². The number of nitrogens with one attached hydrogen (secondary N) is 1. The van der Waals surface area contributed by atoms with Crippen molar-refractivity contribution in [2.45, 2.75) is 83.1 Å². The van der Waals surface area contributed by atoms with Gasteiger partial charge in [0.2, 0.25) is 10.0 Å². The number of hydrogen-bond acceptors (Lipinski definition) is 11. The van der Waals surface area contributed by atoms with Gasteiger partial charge in [0.25, 0.3) is 0 Å². The van der Waals surface area contributed by atoms with Crippen LogP contribution >= 0.6 is 15.9 Å². The maximum absolute atomic E-state index is 12.5. The topological polar surface area (TPSA) is 169 Å². The number of halogens is 1. The third-order valence-electron chi connectivity index (χ3n) is 11.6. The number of anilines is 2. The Labute approximate surface area is 382 Å². The predicted molar refractivity (Wildman–Crippen MR) is 255 cm³/mol. The average molecular weight is 949 g/mol. The SMILES string of the molecule is C[C@@H]1CN(C(=O)OC(C)(C)C)C[C@H](C)N1c1ccc(-c2cnc3c(Br)cnn3c2)cc1.C[C@@H]1CNC[C@H](C)N1c1ccc(-c2cnc3c(-c4ccc(S(N)(=O)=O)cc4)cnn3c2)cc1. The van der Waals surface area contributed by atoms with E-state index in [0.717, 1.165) is 62.3 Å². The lowest BCUT2D eigenvalue weighted by Crippen LogP contribution is -2.58. The fraction of sp³-hybridized carbons (Fsp3) is 0.340. The summed E-state index contributed by atoms with van der Waals surface area (Å²) in [7, 11) is -3.73. The van der Waals surface area contributed by atoms with Crippen molar-refractivity contribution in [2.24, 2.45) is 5.14 Å². The third kappa shape index (κ3) is 9.62. The summed E-state index contributed by atoms with van der Waals surface area (Å²) in [5.41, 5.74) is 9.13. The highest BCUT2D eigenvalue weighted by Crippen LogP contribution is 2.31. The first-order valence-corrected chi connectivity index (χ1v) is 23.7. The zero-order valence-corrected chi connectivity index (χ0v) is 39.5. The molecule has 2 fully saturated rings. The minimum Gasteiger partial charge on any atom is -0.444 e. The number of amides is 1. The van der Waals surface area contributed by atoms with Gasteiger partial charge in [-0.05, 0) is 117 Å². The molecule has 15 nitrogen and oxygen atoms in total. The van der Waals surface area contributed by atoms with Crippen LogP contribution in [0.25, 0.3) is 44.7 Å². The van der Waals surface area contributed by atoms with Crippen LogP contribution in [0.15, 0.2) is 119 Å². The summed E-state index contributed by atoms with van der Waals surface area (Å²) in [6.45, 7) is 17.7. The van der Waals surface area contributed by atoms with Crippen LogP contribution in [-0.4, -0.2) is 105 Å². The number of rotatable bonds is 6. The van der Waals surface area contributed by atoms with Crippen LogP contribution in [0.2, 0.25) is 0 Å². The molecule has 0 radical (unpaired) electrons. The van der Waals surface area contributed by atoms with Crippen molar-refractivity contribution >= 4 is 54.7 Å². The van der Waals surface area contributed by atoms with E-state index in [9.17, 15) is 13.2 Å². The van der Waals surface area contributed by atoms with Gasteiger partial charge in [-0.15, -0.1) is 0 Å². The Bertz CT molecular complexity index is 2860. The van der Waals surface area contributed by atoms with E-state index in [1.165, 1.54) is 17.8 Å². The number of carbonyl (C=O) groups is 1. The Balaban J connectivity index is 0.000000175. The largest absolute Gasteiger partial charge is 0.444 e. The first-order valence-electron chi connectivity index (χ1n) is 21.3. The van der Waals surface area contributed by atoms with Crippen molar-refractivity contribution in [2.75, 3.05) is 36.0 Å². The number of hydrogen-bond donors (Lipinski definition) is 2. The molecule has 3 aromatic carbocycles. The summed E-state index contributed by atoms with van der Waals surface area (Å²) in [6, 6.07) is 24.7. The van der Waals surface area contributed by atoms with Crippen LogP contribution in [0, 0.1) is 0 Å². The Morgan fingerprint density at radius 2 is 1.14 bits per heavy atom. The van der Waals surface area contributed by atoms with E-state index in [1.807, 2.05) is 50.5 Å². The van der Waals surface area contributed by atoms with Gasteiger partial charge in [0, 0.05) is 103 Å². The number of benzene rings is 3. The van der Waals surface area contributed by atoms with Crippen molar-refractivity contribution in [1.29, 1.82) is 0 Å². The molecule has 1 amide bonds. The summed E-state index contributed by atoms with van der Waals surface area (Å²) in [5, 5.41) is 17.4. The molecule has 7 aromatic rings. The summed E-state index contributed by atoms with van der Waals surface area (Å²) in [6.07, 6.45) is 10.9. The highest BCUT2D eigenvalue weighted by atomic mass is 79.9. The molecular weight excluding hydrogens is 895 g/mol. The van der Waals surface area contributed by atoms with E-state index in [-0.39, 0.29) is 23.1 Å². The van der Waals surface area contributed by atoms with Crippen LogP contribution < -0.4 is 20.3 Å². The van der Waals surface area contributed by atoms with Gasteiger partial charge in [0.1, 0.15) is 5.60 Å². The van der Waals surface area contributed by atoms with Gasteiger partial charge in [-0.2, -0.15) is 10.2 Å². The van der Waals surface area contributed by atoms with Gasteiger partial charge >= 0.3 is 6.09 Å². The first kappa shape index (κ1) is 44.7. The molecule has 3 N–H and O–H groups in total. The second kappa shape index (κ2) is 17.9. The predicted octanol–water partition coefficient (Wildman–Crippen LogP) is 7.89. The molecular formula is C47H54BrN11O4S. The van der Waals surface area contributed by atoms with Gasteiger partial charge in [-0.3, -0.25) is 0 Å². The highest BCUT2D eigenvalue weighted by Gasteiger charge is 2.34. The Morgan fingerprint density at radius 1 is 0.672 bits per heavy atom. The number of sulfonamides is 1. The second-order valence-corrected chi connectivity index (χ2v) is 20.1. The molecule has 2 saturated heterocycles. The number of nitrogens with two attached hydrogens (primary N) is 1. The van der Waals surface area contributed by atoms with E-state index >= 15 is 0 Å². The van der Waals surface area contributed by atoms with Crippen molar-refractivity contribution in [3.05, 3.63) is 114 Å². The number of fused-ring (bicyclic) bond motifs is 2. The molecule has 4 aromatic heterocycles. The molecule has 2 aliphatic heterocycles. The Kier molecular flexibility index (Phi) is 12.5. The van der Waals surface area contributed by atoms with Gasteiger partial charge < -0.3 is 24.8 Å². The molecule has 4 atom stereocenters. The minimum atomic E-state index is -3.73. The maximum atomic E-state index is 12.5. The van der Waals surface area contributed by atoms with E-state index in [1.54, 1.807) is 33.6 Å². The zero-order valence-electron chi connectivity index (χ0n) is 37.1. The fourth-order valence-corrected chi connectivity index (χ4v) is 9.54. The number of primary sulfonamides is 1. The fourth-order valence-electron chi connectivity index (χ4n) is 8.65. The maximum Gasteiger partial charge on any atom is 0.410 e. The normalized spacial score (nSPS) is 19.4. The van der Waals surface area contributed by atoms with Crippen molar-refractivity contribution < 1.29 is 17.9 Å². The van der Waals surface area contributed by atoms with E-state index in [4.69, 9.17) is 9.88 Å². The lowest BCUT2D eigenvalue weighted by atomic mass is 10.0. The molecule has 0 unspecified atom stereocenters. The lowest BCUT2D eigenvalue weighted by molar-refractivity contribution is 0.0193. The smallest absolute Gasteiger partial charge is 0.410 e. The molecule has 0 saturated carbocycles. The van der Waals surface area contributed by atoms with E-state index in [2.05, 4.69) is 127 Å².